The Kier molecular flexibility index (Phi) is 5.51. The van der Waals surface area contributed by atoms with Crippen molar-refractivity contribution in [3.05, 3.63) is 47.8 Å². The van der Waals surface area contributed by atoms with E-state index in [2.05, 4.69) is 41.2 Å². The molecule has 1 heterocycles. The van der Waals surface area contributed by atoms with Crippen LogP contribution in [0.3, 0.4) is 0 Å². The molecule has 0 saturated carbocycles. The monoisotopic (exact) mass is 286 g/mol. The van der Waals surface area contributed by atoms with Gasteiger partial charge in [0, 0.05) is 20.1 Å². The summed E-state index contributed by atoms with van der Waals surface area (Å²) in [6.07, 6.45) is 4.34. The second kappa shape index (κ2) is 7.59. The molecule has 0 spiro atoms. The first-order valence-electron chi connectivity index (χ1n) is 7.16. The Balaban J connectivity index is 2.03. The molecule has 0 aliphatic heterocycles. The minimum atomic E-state index is 0.568. The lowest BCUT2D eigenvalue weighted by molar-refractivity contribution is 0.304. The molecule has 0 unspecified atom stereocenters. The number of nitrogens with two attached hydrogens (primary N) is 1. The average molecular weight is 286 g/mol. The molecule has 21 heavy (non-hydrogen) atoms. The van der Waals surface area contributed by atoms with Crippen LogP contribution in [-0.4, -0.2) is 23.6 Å². The van der Waals surface area contributed by atoms with Crippen LogP contribution in [0.4, 0.5) is 5.82 Å². The number of hydrogen-bond acceptors (Lipinski definition) is 5. The van der Waals surface area contributed by atoms with Gasteiger partial charge in [0.25, 0.3) is 0 Å². The second-order valence-corrected chi connectivity index (χ2v) is 4.94. The zero-order valence-corrected chi connectivity index (χ0v) is 12.6. The van der Waals surface area contributed by atoms with Crippen molar-refractivity contribution in [2.75, 3.05) is 18.6 Å². The molecule has 0 aliphatic carbocycles. The number of nitrogens with zero attached hydrogens (tertiary/aromatic N) is 3. The van der Waals surface area contributed by atoms with Crippen molar-refractivity contribution >= 4 is 5.82 Å². The largest absolute Gasteiger partial charge is 0.477 e. The minimum Gasteiger partial charge on any atom is -0.477 e. The molecule has 2 rings (SSSR count). The van der Waals surface area contributed by atoms with Crippen LogP contribution in [0.5, 0.6) is 5.88 Å². The lowest BCUT2D eigenvalue weighted by atomic mass is 10.1. The molecule has 0 atom stereocenters. The van der Waals surface area contributed by atoms with Crippen LogP contribution in [0, 0.1) is 0 Å². The SMILES string of the molecule is CCCOc1cncc(N(C)Cc2ccc(CN)cc2)n1. The van der Waals surface area contributed by atoms with E-state index >= 15 is 0 Å². The molecule has 2 N–H and O–H groups in total. The summed E-state index contributed by atoms with van der Waals surface area (Å²) in [4.78, 5) is 10.7. The number of ether oxygens (including phenoxy) is 1. The highest BCUT2D eigenvalue weighted by Gasteiger charge is 2.06. The van der Waals surface area contributed by atoms with Gasteiger partial charge in [0.1, 0.15) is 0 Å². The predicted molar refractivity (Wildman–Crippen MR) is 84.3 cm³/mol. The quantitative estimate of drug-likeness (QED) is 0.846. The third-order valence-electron chi connectivity index (χ3n) is 3.12. The van der Waals surface area contributed by atoms with Crippen molar-refractivity contribution in [2.24, 2.45) is 5.73 Å². The molecule has 1 aromatic heterocycles. The molecule has 0 bridgehead atoms. The van der Waals surface area contributed by atoms with Gasteiger partial charge in [-0.15, -0.1) is 0 Å². The van der Waals surface area contributed by atoms with E-state index in [0.717, 1.165) is 24.3 Å². The fourth-order valence-corrected chi connectivity index (χ4v) is 1.93. The van der Waals surface area contributed by atoms with Crippen LogP contribution >= 0.6 is 0 Å². The third kappa shape index (κ3) is 4.43. The summed E-state index contributed by atoms with van der Waals surface area (Å²) in [6, 6.07) is 8.28. The molecule has 2 aromatic rings. The van der Waals surface area contributed by atoms with Gasteiger partial charge in [0.05, 0.1) is 19.0 Å². The number of rotatable bonds is 7. The molecule has 1 aromatic carbocycles. The Morgan fingerprint density at radius 3 is 2.52 bits per heavy atom. The minimum absolute atomic E-state index is 0.568. The van der Waals surface area contributed by atoms with Crippen LogP contribution in [0.25, 0.3) is 0 Å². The van der Waals surface area contributed by atoms with Crippen LogP contribution in [0.15, 0.2) is 36.7 Å². The standard InChI is InChI=1S/C16H22N4O/c1-3-8-21-16-11-18-10-15(19-16)20(2)12-14-6-4-13(9-17)5-7-14/h4-7,10-11H,3,8-9,12,17H2,1-2H3. The Hall–Kier alpha value is -2.14. The summed E-state index contributed by atoms with van der Waals surface area (Å²) in [5, 5.41) is 0. The smallest absolute Gasteiger partial charge is 0.234 e. The molecular formula is C16H22N4O. The van der Waals surface area contributed by atoms with E-state index < -0.39 is 0 Å². The maximum atomic E-state index is 5.61. The Bertz CT molecular complexity index is 556. The normalized spacial score (nSPS) is 10.4. The molecule has 0 amide bonds. The van der Waals surface area contributed by atoms with Crippen LogP contribution in [0.2, 0.25) is 0 Å². The van der Waals surface area contributed by atoms with Gasteiger partial charge in [-0.25, -0.2) is 0 Å². The van der Waals surface area contributed by atoms with E-state index in [1.807, 2.05) is 11.9 Å². The molecule has 0 radical (unpaired) electrons. The number of anilines is 1. The van der Waals surface area contributed by atoms with Gasteiger partial charge in [-0.1, -0.05) is 31.2 Å². The Morgan fingerprint density at radius 1 is 1.14 bits per heavy atom. The predicted octanol–water partition coefficient (Wildman–Crippen LogP) is 2.36. The molecule has 0 saturated heterocycles. The first kappa shape index (κ1) is 15.3. The molecular weight excluding hydrogens is 264 g/mol. The van der Waals surface area contributed by atoms with Crippen molar-refractivity contribution < 1.29 is 4.74 Å². The second-order valence-electron chi connectivity index (χ2n) is 4.94. The molecule has 5 heteroatoms. The van der Waals surface area contributed by atoms with Crippen molar-refractivity contribution in [1.82, 2.24) is 9.97 Å². The van der Waals surface area contributed by atoms with E-state index in [1.165, 1.54) is 5.56 Å². The maximum Gasteiger partial charge on any atom is 0.234 e. The third-order valence-corrected chi connectivity index (χ3v) is 3.12. The van der Waals surface area contributed by atoms with Crippen LogP contribution in [0.1, 0.15) is 24.5 Å². The highest BCUT2D eigenvalue weighted by atomic mass is 16.5. The lowest BCUT2D eigenvalue weighted by Gasteiger charge is -2.18. The van der Waals surface area contributed by atoms with Crippen LogP contribution < -0.4 is 15.4 Å². The van der Waals surface area contributed by atoms with Crippen molar-refractivity contribution in [3.63, 3.8) is 0 Å². The van der Waals surface area contributed by atoms with Crippen molar-refractivity contribution in [3.8, 4) is 5.88 Å². The summed E-state index contributed by atoms with van der Waals surface area (Å²) in [5.41, 5.74) is 7.95. The van der Waals surface area contributed by atoms with Crippen molar-refractivity contribution in [2.45, 2.75) is 26.4 Å². The summed E-state index contributed by atoms with van der Waals surface area (Å²) < 4.78 is 5.51. The zero-order chi connectivity index (χ0) is 15.1. The first-order valence-corrected chi connectivity index (χ1v) is 7.16. The maximum absolute atomic E-state index is 5.61. The Labute approximate surface area is 125 Å². The van der Waals surface area contributed by atoms with E-state index in [9.17, 15) is 0 Å². The highest BCUT2D eigenvalue weighted by Crippen LogP contribution is 2.15. The van der Waals surface area contributed by atoms with Gasteiger partial charge in [0.2, 0.25) is 5.88 Å². The van der Waals surface area contributed by atoms with Crippen LogP contribution in [-0.2, 0) is 13.1 Å². The Morgan fingerprint density at radius 2 is 1.86 bits per heavy atom. The van der Waals surface area contributed by atoms with Gasteiger partial charge in [-0.05, 0) is 17.5 Å². The van der Waals surface area contributed by atoms with Gasteiger partial charge < -0.3 is 15.4 Å². The fourth-order valence-electron chi connectivity index (χ4n) is 1.93. The van der Waals surface area contributed by atoms with Gasteiger partial charge in [-0.2, -0.15) is 4.98 Å². The van der Waals surface area contributed by atoms with E-state index in [0.29, 0.717) is 19.0 Å². The van der Waals surface area contributed by atoms with Gasteiger partial charge in [0.15, 0.2) is 5.82 Å². The van der Waals surface area contributed by atoms with E-state index in [4.69, 9.17) is 10.5 Å². The van der Waals surface area contributed by atoms with Gasteiger partial charge in [-0.3, -0.25) is 4.98 Å². The molecule has 5 nitrogen and oxygen atoms in total. The summed E-state index contributed by atoms with van der Waals surface area (Å²) in [6.45, 7) is 4.05. The highest BCUT2D eigenvalue weighted by molar-refractivity contribution is 5.38. The van der Waals surface area contributed by atoms with E-state index in [1.54, 1.807) is 12.4 Å². The molecule has 0 fully saturated rings. The van der Waals surface area contributed by atoms with E-state index in [-0.39, 0.29) is 0 Å². The number of benzene rings is 1. The average Bonchev–Trinajstić information content (AvgIpc) is 2.54. The summed E-state index contributed by atoms with van der Waals surface area (Å²) in [7, 11) is 1.99. The topological polar surface area (TPSA) is 64.3 Å². The summed E-state index contributed by atoms with van der Waals surface area (Å²) in [5.74, 6) is 1.37. The molecule has 112 valence electrons. The fraction of sp³-hybridized carbons (Fsp3) is 0.375. The first-order chi connectivity index (χ1) is 10.2. The van der Waals surface area contributed by atoms with Crippen molar-refractivity contribution in [1.29, 1.82) is 0 Å². The summed E-state index contributed by atoms with van der Waals surface area (Å²) >= 11 is 0. The van der Waals surface area contributed by atoms with Gasteiger partial charge >= 0.3 is 0 Å². The zero-order valence-electron chi connectivity index (χ0n) is 12.6. The number of aromatic nitrogens is 2. The number of hydrogen-bond donors (Lipinski definition) is 1. The lowest BCUT2D eigenvalue weighted by Crippen LogP contribution is -2.18. The molecule has 0 aliphatic rings.